The second-order valence-electron chi connectivity index (χ2n) is 6.60. The topological polar surface area (TPSA) is 15.3 Å². The number of nitrogens with zero attached hydrogens (tertiary/aromatic N) is 1. The van der Waals surface area contributed by atoms with E-state index in [1.165, 1.54) is 51.6 Å². The van der Waals surface area contributed by atoms with Crippen molar-refractivity contribution in [1.82, 2.24) is 10.2 Å². The molecule has 2 aliphatic rings. The second kappa shape index (κ2) is 7.44. The van der Waals surface area contributed by atoms with Crippen LogP contribution in [0.4, 0.5) is 0 Å². The fourth-order valence-electron chi connectivity index (χ4n) is 3.34. The van der Waals surface area contributed by atoms with E-state index in [1.807, 2.05) is 0 Å². The summed E-state index contributed by atoms with van der Waals surface area (Å²) in [4.78, 5) is 2.71. The summed E-state index contributed by atoms with van der Waals surface area (Å²) in [5, 5.41) is 3.73. The molecule has 0 amide bonds. The Balaban J connectivity index is 1.81. The van der Waals surface area contributed by atoms with Gasteiger partial charge in [-0.3, -0.25) is 4.90 Å². The first-order chi connectivity index (χ1) is 9.20. The van der Waals surface area contributed by atoms with Crippen molar-refractivity contribution in [2.45, 2.75) is 71.4 Å². The van der Waals surface area contributed by atoms with Gasteiger partial charge in [0, 0.05) is 31.7 Å². The van der Waals surface area contributed by atoms with Gasteiger partial charge in [0.05, 0.1) is 0 Å². The molecular formula is C17H32N2. The normalized spacial score (nSPS) is 31.0. The van der Waals surface area contributed by atoms with Crippen molar-refractivity contribution in [2.75, 3.05) is 19.6 Å². The lowest BCUT2D eigenvalue weighted by molar-refractivity contribution is 0.119. The number of piperazine rings is 1. The standard InChI is InChI=1S/C17H32N2/c1-4-14(2)17-13-19(15(3)12-18-17)11-10-16-8-6-5-7-9-16/h8,14-15,17-18H,4-7,9-13H2,1-3H3. The first-order valence-electron chi connectivity index (χ1n) is 8.36. The fourth-order valence-corrected chi connectivity index (χ4v) is 3.34. The van der Waals surface area contributed by atoms with Gasteiger partial charge < -0.3 is 5.32 Å². The third kappa shape index (κ3) is 4.32. The molecule has 0 saturated carbocycles. The smallest absolute Gasteiger partial charge is 0.0221 e. The quantitative estimate of drug-likeness (QED) is 0.764. The summed E-state index contributed by atoms with van der Waals surface area (Å²) in [6, 6.07) is 1.39. The minimum Gasteiger partial charge on any atom is -0.311 e. The lowest BCUT2D eigenvalue weighted by Crippen LogP contribution is -2.57. The Hall–Kier alpha value is -0.340. The fraction of sp³-hybridized carbons (Fsp3) is 0.882. The monoisotopic (exact) mass is 264 g/mol. The van der Waals surface area contributed by atoms with E-state index in [0.29, 0.717) is 12.1 Å². The largest absolute Gasteiger partial charge is 0.311 e. The molecule has 1 fully saturated rings. The molecule has 3 unspecified atom stereocenters. The zero-order chi connectivity index (χ0) is 13.7. The van der Waals surface area contributed by atoms with Gasteiger partial charge in [-0.2, -0.15) is 0 Å². The summed E-state index contributed by atoms with van der Waals surface area (Å²) in [7, 11) is 0. The molecule has 0 aromatic rings. The third-order valence-corrected chi connectivity index (χ3v) is 5.17. The highest BCUT2D eigenvalue weighted by Crippen LogP contribution is 2.22. The molecule has 0 aromatic carbocycles. The van der Waals surface area contributed by atoms with E-state index < -0.39 is 0 Å². The molecule has 1 saturated heterocycles. The van der Waals surface area contributed by atoms with Crippen molar-refractivity contribution in [3.63, 3.8) is 0 Å². The highest BCUT2D eigenvalue weighted by atomic mass is 15.2. The second-order valence-corrected chi connectivity index (χ2v) is 6.60. The van der Waals surface area contributed by atoms with Gasteiger partial charge in [0.25, 0.3) is 0 Å². The van der Waals surface area contributed by atoms with E-state index in [9.17, 15) is 0 Å². The van der Waals surface area contributed by atoms with Crippen LogP contribution in [0.15, 0.2) is 11.6 Å². The minimum atomic E-state index is 0.696. The predicted octanol–water partition coefficient (Wildman–Crippen LogP) is 3.59. The number of nitrogens with one attached hydrogen (secondary N) is 1. The molecule has 0 radical (unpaired) electrons. The number of hydrogen-bond acceptors (Lipinski definition) is 2. The first kappa shape index (κ1) is 15.1. The maximum atomic E-state index is 3.73. The predicted molar refractivity (Wildman–Crippen MR) is 83.4 cm³/mol. The van der Waals surface area contributed by atoms with E-state index >= 15 is 0 Å². The van der Waals surface area contributed by atoms with Crippen LogP contribution in [0.5, 0.6) is 0 Å². The molecule has 0 bridgehead atoms. The molecular weight excluding hydrogens is 232 g/mol. The van der Waals surface area contributed by atoms with Gasteiger partial charge in [0.1, 0.15) is 0 Å². The average Bonchev–Trinajstić information content (AvgIpc) is 2.46. The van der Waals surface area contributed by atoms with Gasteiger partial charge in [-0.1, -0.05) is 31.9 Å². The van der Waals surface area contributed by atoms with Crippen LogP contribution in [0, 0.1) is 5.92 Å². The molecule has 19 heavy (non-hydrogen) atoms. The number of allylic oxidation sites excluding steroid dienone is 1. The summed E-state index contributed by atoms with van der Waals surface area (Å²) in [6.07, 6.45) is 10.6. The van der Waals surface area contributed by atoms with Crippen molar-refractivity contribution in [2.24, 2.45) is 5.92 Å². The van der Waals surface area contributed by atoms with E-state index in [-0.39, 0.29) is 0 Å². The maximum absolute atomic E-state index is 3.73. The molecule has 1 aliphatic heterocycles. The van der Waals surface area contributed by atoms with E-state index in [4.69, 9.17) is 0 Å². The Labute approximate surface area is 119 Å². The molecule has 2 rings (SSSR count). The van der Waals surface area contributed by atoms with Gasteiger partial charge in [0.15, 0.2) is 0 Å². The van der Waals surface area contributed by atoms with Gasteiger partial charge >= 0.3 is 0 Å². The van der Waals surface area contributed by atoms with E-state index in [0.717, 1.165) is 12.5 Å². The van der Waals surface area contributed by atoms with Crippen LogP contribution in [0.2, 0.25) is 0 Å². The first-order valence-corrected chi connectivity index (χ1v) is 8.36. The molecule has 2 heteroatoms. The van der Waals surface area contributed by atoms with Crippen LogP contribution in [0.1, 0.15) is 59.3 Å². The molecule has 3 atom stereocenters. The SMILES string of the molecule is CCC(C)C1CN(CCC2=CCCCC2)C(C)CN1. The third-order valence-electron chi connectivity index (χ3n) is 5.17. The summed E-state index contributed by atoms with van der Waals surface area (Å²) >= 11 is 0. The Morgan fingerprint density at radius 3 is 2.95 bits per heavy atom. The van der Waals surface area contributed by atoms with Crippen LogP contribution in [0.3, 0.4) is 0 Å². The van der Waals surface area contributed by atoms with Crippen LogP contribution >= 0.6 is 0 Å². The van der Waals surface area contributed by atoms with Gasteiger partial charge in [-0.05, 0) is 44.9 Å². The van der Waals surface area contributed by atoms with Gasteiger partial charge in [-0.15, -0.1) is 0 Å². The van der Waals surface area contributed by atoms with Crippen molar-refractivity contribution in [1.29, 1.82) is 0 Å². The highest BCUT2D eigenvalue weighted by Gasteiger charge is 2.27. The van der Waals surface area contributed by atoms with E-state index in [1.54, 1.807) is 5.57 Å². The van der Waals surface area contributed by atoms with Crippen LogP contribution in [-0.2, 0) is 0 Å². The molecule has 1 aliphatic carbocycles. The lowest BCUT2D eigenvalue weighted by Gasteiger charge is -2.41. The maximum Gasteiger partial charge on any atom is 0.0221 e. The van der Waals surface area contributed by atoms with Crippen molar-refractivity contribution in [3.8, 4) is 0 Å². The average molecular weight is 264 g/mol. The number of hydrogen-bond donors (Lipinski definition) is 1. The van der Waals surface area contributed by atoms with Crippen LogP contribution < -0.4 is 5.32 Å². The highest BCUT2D eigenvalue weighted by molar-refractivity contribution is 5.05. The minimum absolute atomic E-state index is 0.696. The Bertz CT molecular complexity index is 298. The van der Waals surface area contributed by atoms with Crippen LogP contribution in [0.25, 0.3) is 0 Å². The van der Waals surface area contributed by atoms with Gasteiger partial charge in [-0.25, -0.2) is 0 Å². The summed E-state index contributed by atoms with van der Waals surface area (Å²) in [5.74, 6) is 0.795. The lowest BCUT2D eigenvalue weighted by atomic mass is 9.94. The molecule has 110 valence electrons. The van der Waals surface area contributed by atoms with Crippen molar-refractivity contribution in [3.05, 3.63) is 11.6 Å². The van der Waals surface area contributed by atoms with Crippen LogP contribution in [-0.4, -0.2) is 36.6 Å². The molecule has 1 N–H and O–H groups in total. The van der Waals surface area contributed by atoms with Crippen molar-refractivity contribution >= 4 is 0 Å². The molecule has 0 aromatic heterocycles. The molecule has 0 spiro atoms. The summed E-state index contributed by atoms with van der Waals surface area (Å²) in [5.41, 5.74) is 1.72. The molecule has 2 nitrogen and oxygen atoms in total. The van der Waals surface area contributed by atoms with E-state index in [2.05, 4.69) is 37.1 Å². The number of rotatable bonds is 5. The zero-order valence-electron chi connectivity index (χ0n) is 13.1. The Morgan fingerprint density at radius 1 is 1.42 bits per heavy atom. The zero-order valence-corrected chi connectivity index (χ0v) is 13.1. The van der Waals surface area contributed by atoms with Crippen molar-refractivity contribution < 1.29 is 0 Å². The Morgan fingerprint density at radius 2 is 2.26 bits per heavy atom. The van der Waals surface area contributed by atoms with Gasteiger partial charge in [0.2, 0.25) is 0 Å². The summed E-state index contributed by atoms with van der Waals surface area (Å²) < 4.78 is 0. The summed E-state index contributed by atoms with van der Waals surface area (Å²) in [6.45, 7) is 10.7. The molecule has 1 heterocycles. The Kier molecular flexibility index (Phi) is 5.90.